The van der Waals surface area contributed by atoms with Gasteiger partial charge in [0.2, 0.25) is 0 Å². The predicted octanol–water partition coefficient (Wildman–Crippen LogP) is 2.93. The Labute approximate surface area is 175 Å². The number of guanidine groups is 1. The number of carbonyl (C=O) groups is 1. The lowest BCUT2D eigenvalue weighted by Gasteiger charge is -2.13. The van der Waals surface area contributed by atoms with E-state index in [0.29, 0.717) is 22.4 Å². The molecule has 1 unspecified atom stereocenters. The molecule has 3 N–H and O–H groups in total. The van der Waals surface area contributed by atoms with Gasteiger partial charge in [0, 0.05) is 37.6 Å². The van der Waals surface area contributed by atoms with Crippen LogP contribution in [0.25, 0.3) is 0 Å². The lowest BCUT2D eigenvalue weighted by atomic mass is 10.1. The first-order chi connectivity index (χ1) is 13.4. The SMILES string of the molecule is CCNC(=NCC(O)c1ccc(Cl)s1)NCCc1cccc(C(=O)N(C)C)c1. The molecular weight excluding hydrogens is 396 g/mol. The van der Waals surface area contributed by atoms with Gasteiger partial charge in [0.15, 0.2) is 5.96 Å². The third-order valence-corrected chi connectivity index (χ3v) is 5.31. The van der Waals surface area contributed by atoms with Crippen LogP contribution in [-0.2, 0) is 6.42 Å². The van der Waals surface area contributed by atoms with Gasteiger partial charge in [0.25, 0.3) is 5.91 Å². The monoisotopic (exact) mass is 422 g/mol. The summed E-state index contributed by atoms with van der Waals surface area (Å²) in [5, 5.41) is 16.7. The van der Waals surface area contributed by atoms with Crippen LogP contribution < -0.4 is 10.6 Å². The Morgan fingerprint density at radius 1 is 1.29 bits per heavy atom. The lowest BCUT2D eigenvalue weighted by molar-refractivity contribution is 0.0827. The zero-order chi connectivity index (χ0) is 20.5. The summed E-state index contributed by atoms with van der Waals surface area (Å²) in [4.78, 5) is 18.9. The molecule has 28 heavy (non-hydrogen) atoms. The fraction of sp³-hybridized carbons (Fsp3) is 0.400. The highest BCUT2D eigenvalue weighted by Crippen LogP contribution is 2.26. The number of hydrogen-bond donors (Lipinski definition) is 3. The van der Waals surface area contributed by atoms with Crippen molar-refractivity contribution in [1.82, 2.24) is 15.5 Å². The topological polar surface area (TPSA) is 77.0 Å². The van der Waals surface area contributed by atoms with Crippen molar-refractivity contribution in [3.05, 3.63) is 56.7 Å². The molecule has 0 bridgehead atoms. The van der Waals surface area contributed by atoms with Gasteiger partial charge >= 0.3 is 0 Å². The molecule has 0 fully saturated rings. The average molecular weight is 423 g/mol. The number of rotatable bonds is 8. The maximum atomic E-state index is 12.1. The van der Waals surface area contributed by atoms with Crippen LogP contribution in [0.3, 0.4) is 0 Å². The normalized spacial score (nSPS) is 12.5. The minimum absolute atomic E-state index is 0.00706. The van der Waals surface area contributed by atoms with E-state index in [0.717, 1.165) is 23.4 Å². The molecule has 0 spiro atoms. The highest BCUT2D eigenvalue weighted by Gasteiger charge is 2.11. The number of hydrogen-bond acceptors (Lipinski definition) is 4. The third kappa shape index (κ3) is 6.82. The van der Waals surface area contributed by atoms with Gasteiger partial charge in [-0.25, -0.2) is 0 Å². The van der Waals surface area contributed by atoms with Gasteiger partial charge in [-0.3, -0.25) is 9.79 Å². The van der Waals surface area contributed by atoms with Crippen LogP contribution in [0.1, 0.15) is 33.8 Å². The van der Waals surface area contributed by atoms with Crippen LogP contribution in [-0.4, -0.2) is 55.6 Å². The standard InChI is InChI=1S/C20H27ClN4O2S/c1-4-22-20(24-13-16(26)17-8-9-18(21)28-17)23-11-10-14-6-5-7-15(12-14)19(27)25(2)3/h5-9,12,16,26H,4,10-11,13H2,1-3H3,(H2,22,23,24). The zero-order valence-corrected chi connectivity index (χ0v) is 18.0. The van der Waals surface area contributed by atoms with Crippen molar-refractivity contribution in [3.63, 3.8) is 0 Å². The maximum Gasteiger partial charge on any atom is 0.253 e. The highest BCUT2D eigenvalue weighted by atomic mass is 35.5. The summed E-state index contributed by atoms with van der Waals surface area (Å²) in [6.45, 7) is 3.62. The number of aliphatic hydroxyl groups excluding tert-OH is 1. The Morgan fingerprint density at radius 2 is 2.07 bits per heavy atom. The summed E-state index contributed by atoms with van der Waals surface area (Å²) in [5.74, 6) is 0.636. The van der Waals surface area contributed by atoms with Gasteiger partial charge in [0.1, 0.15) is 6.10 Å². The molecular formula is C20H27ClN4O2S. The molecule has 1 amide bonds. The summed E-state index contributed by atoms with van der Waals surface area (Å²) in [5.41, 5.74) is 1.75. The first kappa shape index (κ1) is 22.2. The molecule has 0 saturated heterocycles. The molecule has 0 aliphatic rings. The molecule has 0 aliphatic carbocycles. The first-order valence-electron chi connectivity index (χ1n) is 9.16. The minimum Gasteiger partial charge on any atom is -0.386 e. The molecule has 0 radical (unpaired) electrons. The number of amides is 1. The van der Waals surface area contributed by atoms with Gasteiger partial charge in [-0.15, -0.1) is 11.3 Å². The third-order valence-electron chi connectivity index (χ3n) is 3.98. The number of halogens is 1. The first-order valence-corrected chi connectivity index (χ1v) is 10.4. The Bertz CT molecular complexity index is 807. The van der Waals surface area contributed by atoms with E-state index in [2.05, 4.69) is 15.6 Å². The van der Waals surface area contributed by atoms with Crippen LogP contribution in [0.4, 0.5) is 0 Å². The molecule has 152 valence electrons. The second kappa shape index (κ2) is 11.0. The van der Waals surface area contributed by atoms with Crippen LogP contribution >= 0.6 is 22.9 Å². The Balaban J connectivity index is 1.90. The molecule has 1 heterocycles. The van der Waals surface area contributed by atoms with Crippen molar-refractivity contribution in [2.75, 3.05) is 33.7 Å². The Kier molecular flexibility index (Phi) is 8.76. The Hall–Kier alpha value is -2.09. The number of nitrogens with zero attached hydrogens (tertiary/aromatic N) is 2. The Morgan fingerprint density at radius 3 is 2.71 bits per heavy atom. The van der Waals surface area contributed by atoms with Crippen molar-refractivity contribution in [2.45, 2.75) is 19.4 Å². The van der Waals surface area contributed by atoms with Crippen LogP contribution in [0.15, 0.2) is 41.4 Å². The second-order valence-corrected chi connectivity index (χ2v) is 8.20. The number of benzene rings is 1. The van der Waals surface area contributed by atoms with Crippen molar-refractivity contribution in [2.24, 2.45) is 4.99 Å². The highest BCUT2D eigenvalue weighted by molar-refractivity contribution is 7.16. The smallest absolute Gasteiger partial charge is 0.253 e. The van der Waals surface area contributed by atoms with Gasteiger partial charge in [-0.1, -0.05) is 23.7 Å². The van der Waals surface area contributed by atoms with Crippen molar-refractivity contribution >= 4 is 34.8 Å². The van der Waals surface area contributed by atoms with Gasteiger partial charge in [0.05, 0.1) is 10.9 Å². The summed E-state index contributed by atoms with van der Waals surface area (Å²) in [6.07, 6.45) is 0.0730. The molecule has 8 heteroatoms. The van der Waals surface area contributed by atoms with Gasteiger partial charge < -0.3 is 20.6 Å². The van der Waals surface area contributed by atoms with E-state index in [1.54, 1.807) is 25.1 Å². The van der Waals surface area contributed by atoms with Gasteiger partial charge in [-0.2, -0.15) is 0 Å². The quantitative estimate of drug-likeness (QED) is 0.451. The van der Waals surface area contributed by atoms with Crippen molar-refractivity contribution in [3.8, 4) is 0 Å². The number of thiophene rings is 1. The largest absolute Gasteiger partial charge is 0.386 e. The van der Waals surface area contributed by atoms with E-state index in [9.17, 15) is 9.90 Å². The minimum atomic E-state index is -0.679. The molecule has 1 atom stereocenters. The summed E-state index contributed by atoms with van der Waals surface area (Å²) in [6, 6.07) is 11.2. The molecule has 0 aliphatic heterocycles. The second-order valence-electron chi connectivity index (χ2n) is 6.45. The predicted molar refractivity (Wildman–Crippen MR) is 116 cm³/mol. The number of aliphatic imine (C=N–C) groups is 1. The fourth-order valence-electron chi connectivity index (χ4n) is 2.56. The molecule has 6 nitrogen and oxygen atoms in total. The summed E-state index contributed by atoms with van der Waals surface area (Å²) in [7, 11) is 3.49. The number of aliphatic hydroxyl groups is 1. The zero-order valence-electron chi connectivity index (χ0n) is 16.4. The van der Waals surface area contributed by atoms with E-state index in [1.807, 2.05) is 37.3 Å². The molecule has 1 aromatic heterocycles. The maximum absolute atomic E-state index is 12.1. The van der Waals surface area contributed by atoms with E-state index in [4.69, 9.17) is 11.6 Å². The molecule has 2 aromatic rings. The summed E-state index contributed by atoms with van der Waals surface area (Å²) < 4.78 is 0.651. The van der Waals surface area contributed by atoms with Crippen molar-refractivity contribution in [1.29, 1.82) is 0 Å². The number of nitrogens with one attached hydrogen (secondary N) is 2. The van der Waals surface area contributed by atoms with E-state index >= 15 is 0 Å². The van der Waals surface area contributed by atoms with E-state index in [1.165, 1.54) is 11.3 Å². The summed E-state index contributed by atoms with van der Waals surface area (Å²) >= 11 is 7.27. The van der Waals surface area contributed by atoms with Crippen molar-refractivity contribution < 1.29 is 9.90 Å². The van der Waals surface area contributed by atoms with Crippen LogP contribution in [0.2, 0.25) is 4.34 Å². The fourth-order valence-corrected chi connectivity index (χ4v) is 3.60. The number of carbonyl (C=O) groups excluding carboxylic acids is 1. The van der Waals surface area contributed by atoms with Gasteiger partial charge in [-0.05, 0) is 43.2 Å². The molecule has 1 aromatic carbocycles. The molecule has 0 saturated carbocycles. The van der Waals surface area contributed by atoms with E-state index in [-0.39, 0.29) is 12.5 Å². The van der Waals surface area contributed by atoms with Crippen LogP contribution in [0, 0.1) is 0 Å². The molecule has 2 rings (SSSR count). The van der Waals surface area contributed by atoms with Crippen LogP contribution in [0.5, 0.6) is 0 Å². The van der Waals surface area contributed by atoms with E-state index < -0.39 is 6.10 Å². The lowest BCUT2D eigenvalue weighted by Crippen LogP contribution is -2.38. The average Bonchev–Trinajstić information content (AvgIpc) is 3.12.